The van der Waals surface area contributed by atoms with Crippen LogP contribution in [-0.2, 0) is 17.7 Å². The van der Waals surface area contributed by atoms with E-state index in [9.17, 15) is 0 Å². The molecule has 116 valence electrons. The van der Waals surface area contributed by atoms with Crippen molar-refractivity contribution in [1.82, 2.24) is 29.9 Å². The van der Waals surface area contributed by atoms with Gasteiger partial charge in [0.15, 0.2) is 0 Å². The molecule has 0 radical (unpaired) electrons. The SMILES string of the molecule is CC(C)(C)c1nc(CSc2nnc(Cn3cncn3)o2)cs1. The molecule has 0 atom stereocenters. The maximum Gasteiger partial charge on any atom is 0.277 e. The van der Waals surface area contributed by atoms with Crippen LogP contribution in [0, 0.1) is 0 Å². The molecule has 22 heavy (non-hydrogen) atoms. The van der Waals surface area contributed by atoms with Crippen molar-refractivity contribution in [1.29, 1.82) is 0 Å². The number of rotatable bonds is 5. The molecule has 0 aliphatic carbocycles. The molecule has 0 bridgehead atoms. The van der Waals surface area contributed by atoms with Gasteiger partial charge in [-0.15, -0.1) is 21.5 Å². The summed E-state index contributed by atoms with van der Waals surface area (Å²) in [6.07, 6.45) is 3.08. The summed E-state index contributed by atoms with van der Waals surface area (Å²) in [4.78, 5) is 8.52. The lowest BCUT2D eigenvalue weighted by atomic mass is 9.98. The summed E-state index contributed by atoms with van der Waals surface area (Å²) in [5, 5.41) is 15.8. The van der Waals surface area contributed by atoms with Crippen LogP contribution >= 0.6 is 23.1 Å². The summed E-state index contributed by atoms with van der Waals surface area (Å²) >= 11 is 3.18. The Hall–Kier alpha value is -1.74. The lowest BCUT2D eigenvalue weighted by molar-refractivity contribution is 0.397. The van der Waals surface area contributed by atoms with E-state index in [1.807, 2.05) is 0 Å². The van der Waals surface area contributed by atoms with Crippen LogP contribution in [0.15, 0.2) is 27.7 Å². The van der Waals surface area contributed by atoms with Gasteiger partial charge in [-0.2, -0.15) is 5.10 Å². The molecule has 0 spiro atoms. The normalized spacial score (nSPS) is 12.0. The summed E-state index contributed by atoms with van der Waals surface area (Å²) < 4.78 is 7.22. The maximum atomic E-state index is 5.58. The van der Waals surface area contributed by atoms with Gasteiger partial charge in [-0.05, 0) is 0 Å². The third kappa shape index (κ3) is 3.72. The van der Waals surface area contributed by atoms with E-state index >= 15 is 0 Å². The number of hydrogen-bond acceptors (Lipinski definition) is 8. The molecule has 0 saturated heterocycles. The Morgan fingerprint density at radius 3 is 2.86 bits per heavy atom. The predicted molar refractivity (Wildman–Crippen MR) is 83.8 cm³/mol. The highest BCUT2D eigenvalue weighted by Crippen LogP contribution is 2.28. The van der Waals surface area contributed by atoms with E-state index in [1.54, 1.807) is 22.3 Å². The zero-order valence-electron chi connectivity index (χ0n) is 12.6. The molecule has 0 unspecified atom stereocenters. The first-order valence-corrected chi connectivity index (χ1v) is 8.60. The van der Waals surface area contributed by atoms with Gasteiger partial charge in [0.05, 0.1) is 10.7 Å². The number of nitrogens with zero attached hydrogens (tertiary/aromatic N) is 6. The van der Waals surface area contributed by atoms with Crippen LogP contribution in [0.1, 0.15) is 37.4 Å². The Balaban J connectivity index is 1.58. The molecular formula is C13H16N6OS2. The summed E-state index contributed by atoms with van der Waals surface area (Å²) in [6, 6.07) is 0. The zero-order chi connectivity index (χ0) is 15.6. The van der Waals surface area contributed by atoms with E-state index in [1.165, 1.54) is 18.1 Å². The van der Waals surface area contributed by atoms with E-state index in [4.69, 9.17) is 4.42 Å². The second kappa shape index (κ2) is 6.17. The highest BCUT2D eigenvalue weighted by atomic mass is 32.2. The number of thioether (sulfide) groups is 1. The molecule has 3 aromatic rings. The summed E-state index contributed by atoms with van der Waals surface area (Å²) in [7, 11) is 0. The molecule has 0 fully saturated rings. The van der Waals surface area contributed by atoms with Crippen molar-refractivity contribution in [3.8, 4) is 0 Å². The molecular weight excluding hydrogens is 320 g/mol. The first-order valence-electron chi connectivity index (χ1n) is 6.73. The molecule has 3 aromatic heterocycles. The first-order chi connectivity index (χ1) is 10.5. The second-order valence-corrected chi connectivity index (χ2v) is 7.52. The van der Waals surface area contributed by atoms with Crippen LogP contribution in [0.2, 0.25) is 0 Å². The van der Waals surface area contributed by atoms with E-state index < -0.39 is 0 Å². The van der Waals surface area contributed by atoms with E-state index in [-0.39, 0.29) is 5.41 Å². The summed E-state index contributed by atoms with van der Waals surface area (Å²) in [6.45, 7) is 6.92. The van der Waals surface area contributed by atoms with Crippen molar-refractivity contribution in [2.75, 3.05) is 0 Å². The molecule has 3 heterocycles. The smallest absolute Gasteiger partial charge is 0.277 e. The van der Waals surface area contributed by atoms with Crippen molar-refractivity contribution in [2.45, 2.75) is 43.7 Å². The topological polar surface area (TPSA) is 82.5 Å². The van der Waals surface area contributed by atoms with Gasteiger partial charge in [-0.3, -0.25) is 0 Å². The Bertz CT molecular complexity index is 728. The van der Waals surface area contributed by atoms with Crippen molar-refractivity contribution >= 4 is 23.1 Å². The van der Waals surface area contributed by atoms with Gasteiger partial charge >= 0.3 is 0 Å². The number of aromatic nitrogens is 6. The van der Waals surface area contributed by atoms with Crippen LogP contribution in [0.3, 0.4) is 0 Å². The van der Waals surface area contributed by atoms with E-state index in [2.05, 4.69) is 51.4 Å². The predicted octanol–water partition coefficient (Wildman–Crippen LogP) is 2.76. The Morgan fingerprint density at radius 1 is 1.32 bits per heavy atom. The first kappa shape index (κ1) is 15.2. The summed E-state index contributed by atoms with van der Waals surface area (Å²) in [5.41, 5.74) is 1.12. The quantitative estimate of drug-likeness (QED) is 0.662. The lowest BCUT2D eigenvalue weighted by Gasteiger charge is -2.13. The van der Waals surface area contributed by atoms with Crippen molar-refractivity contribution in [3.05, 3.63) is 34.6 Å². The third-order valence-corrected chi connectivity index (χ3v) is 4.92. The molecule has 0 N–H and O–H groups in total. The fourth-order valence-electron chi connectivity index (χ4n) is 1.67. The zero-order valence-corrected chi connectivity index (χ0v) is 14.2. The van der Waals surface area contributed by atoms with Crippen LogP contribution < -0.4 is 0 Å². The molecule has 0 amide bonds. The molecule has 0 saturated carbocycles. The van der Waals surface area contributed by atoms with Crippen LogP contribution in [-0.4, -0.2) is 29.9 Å². The highest BCUT2D eigenvalue weighted by molar-refractivity contribution is 7.98. The van der Waals surface area contributed by atoms with Crippen LogP contribution in [0.4, 0.5) is 0 Å². The average Bonchev–Trinajstić information content (AvgIpc) is 3.17. The minimum absolute atomic E-state index is 0.0863. The number of thiazole rings is 1. The second-order valence-electron chi connectivity index (χ2n) is 5.74. The Kier molecular flexibility index (Phi) is 4.25. The fourth-order valence-corrected chi connectivity index (χ4v) is 3.35. The van der Waals surface area contributed by atoms with Crippen molar-refractivity contribution < 1.29 is 4.42 Å². The largest absolute Gasteiger partial charge is 0.414 e. The van der Waals surface area contributed by atoms with E-state index in [0.29, 0.717) is 17.7 Å². The van der Waals surface area contributed by atoms with Crippen molar-refractivity contribution in [2.24, 2.45) is 0 Å². The van der Waals surface area contributed by atoms with Gasteiger partial charge in [0.2, 0.25) is 5.89 Å². The molecule has 0 aromatic carbocycles. The van der Waals surface area contributed by atoms with Gasteiger partial charge < -0.3 is 4.42 Å². The molecule has 3 rings (SSSR count). The van der Waals surface area contributed by atoms with Gasteiger partial charge in [-0.1, -0.05) is 32.5 Å². The van der Waals surface area contributed by atoms with Gasteiger partial charge in [0.1, 0.15) is 19.2 Å². The lowest BCUT2D eigenvalue weighted by Crippen LogP contribution is -2.10. The average molecular weight is 336 g/mol. The van der Waals surface area contributed by atoms with Gasteiger partial charge in [-0.25, -0.2) is 14.6 Å². The minimum Gasteiger partial charge on any atom is -0.414 e. The maximum absolute atomic E-state index is 5.58. The Labute approximate surface area is 136 Å². The molecule has 0 aliphatic rings. The monoisotopic (exact) mass is 336 g/mol. The third-order valence-electron chi connectivity index (χ3n) is 2.75. The van der Waals surface area contributed by atoms with Crippen LogP contribution in [0.5, 0.6) is 0 Å². The molecule has 9 heteroatoms. The highest BCUT2D eigenvalue weighted by Gasteiger charge is 2.18. The minimum atomic E-state index is 0.0863. The van der Waals surface area contributed by atoms with Crippen LogP contribution in [0.25, 0.3) is 0 Å². The van der Waals surface area contributed by atoms with Gasteiger partial charge in [0, 0.05) is 16.5 Å². The summed E-state index contributed by atoms with van der Waals surface area (Å²) in [5.74, 6) is 1.24. The molecule has 0 aliphatic heterocycles. The Morgan fingerprint density at radius 2 is 2.18 bits per heavy atom. The van der Waals surface area contributed by atoms with E-state index in [0.717, 1.165) is 16.5 Å². The fraction of sp³-hybridized carbons (Fsp3) is 0.462. The standard InChI is InChI=1S/C13H16N6OS2/c1-13(2,3)11-16-9(5-21-11)6-22-12-18-17-10(20-12)4-19-8-14-7-15-19/h5,7-8H,4,6H2,1-3H3. The van der Waals surface area contributed by atoms with Gasteiger partial charge in [0.25, 0.3) is 5.22 Å². The number of hydrogen-bond donors (Lipinski definition) is 0. The molecule has 7 nitrogen and oxygen atoms in total. The van der Waals surface area contributed by atoms with Crippen molar-refractivity contribution in [3.63, 3.8) is 0 Å².